The van der Waals surface area contributed by atoms with Crippen molar-refractivity contribution in [1.29, 1.82) is 0 Å². The van der Waals surface area contributed by atoms with Crippen LogP contribution in [0, 0.1) is 0 Å². The lowest BCUT2D eigenvalue weighted by Crippen LogP contribution is -2.31. The SMILES string of the molecule is CCNc1nc(NCC(F)(F)CO)nc(-n2cccn2)n1. The Bertz CT molecular complexity index is 576. The minimum atomic E-state index is -3.25. The Kier molecular flexibility index (Phi) is 4.58. The topological polar surface area (TPSA) is 101 Å². The molecule has 114 valence electrons. The quantitative estimate of drug-likeness (QED) is 0.685. The minimum absolute atomic E-state index is 0.0282. The molecule has 2 aromatic rings. The van der Waals surface area contributed by atoms with E-state index in [0.29, 0.717) is 6.54 Å². The summed E-state index contributed by atoms with van der Waals surface area (Å²) in [6, 6.07) is 1.68. The number of aromatic nitrogens is 5. The first-order valence-electron chi connectivity index (χ1n) is 6.26. The van der Waals surface area contributed by atoms with Gasteiger partial charge in [-0.1, -0.05) is 0 Å². The van der Waals surface area contributed by atoms with E-state index in [1.807, 2.05) is 6.92 Å². The monoisotopic (exact) mass is 299 g/mol. The molecule has 0 aliphatic rings. The third kappa shape index (κ3) is 4.05. The average molecular weight is 299 g/mol. The molecule has 0 radical (unpaired) electrons. The predicted molar refractivity (Wildman–Crippen MR) is 71.6 cm³/mol. The number of aliphatic hydroxyl groups is 1. The number of anilines is 2. The van der Waals surface area contributed by atoms with Gasteiger partial charge in [-0.3, -0.25) is 0 Å². The number of nitrogens with one attached hydrogen (secondary N) is 2. The van der Waals surface area contributed by atoms with Crippen LogP contribution < -0.4 is 10.6 Å². The van der Waals surface area contributed by atoms with E-state index in [1.54, 1.807) is 18.5 Å². The second kappa shape index (κ2) is 6.39. The van der Waals surface area contributed by atoms with Crippen LogP contribution in [0.15, 0.2) is 18.5 Å². The van der Waals surface area contributed by atoms with Gasteiger partial charge in [0.15, 0.2) is 0 Å². The summed E-state index contributed by atoms with van der Waals surface area (Å²) in [6.45, 7) is 0.383. The van der Waals surface area contributed by atoms with E-state index in [2.05, 4.69) is 30.7 Å². The zero-order valence-electron chi connectivity index (χ0n) is 11.3. The van der Waals surface area contributed by atoms with Crippen LogP contribution in [-0.4, -0.2) is 55.5 Å². The molecule has 0 aromatic carbocycles. The summed E-state index contributed by atoms with van der Waals surface area (Å²) in [6.07, 6.45) is 3.17. The first-order valence-corrected chi connectivity index (χ1v) is 6.26. The van der Waals surface area contributed by atoms with Gasteiger partial charge in [0.25, 0.3) is 11.9 Å². The molecule has 8 nitrogen and oxygen atoms in total. The van der Waals surface area contributed by atoms with Gasteiger partial charge in [-0.15, -0.1) is 0 Å². The first kappa shape index (κ1) is 15.0. The van der Waals surface area contributed by atoms with Gasteiger partial charge in [0.1, 0.15) is 6.61 Å². The maximum absolute atomic E-state index is 13.0. The lowest BCUT2D eigenvalue weighted by Gasteiger charge is -2.14. The van der Waals surface area contributed by atoms with Crippen LogP contribution in [0.3, 0.4) is 0 Å². The normalized spacial score (nSPS) is 11.4. The number of alkyl halides is 2. The van der Waals surface area contributed by atoms with Gasteiger partial charge in [0, 0.05) is 18.9 Å². The zero-order chi connectivity index (χ0) is 15.3. The summed E-state index contributed by atoms with van der Waals surface area (Å²) < 4.78 is 27.5. The van der Waals surface area contributed by atoms with Gasteiger partial charge in [-0.2, -0.15) is 20.1 Å². The van der Waals surface area contributed by atoms with Crippen molar-refractivity contribution in [1.82, 2.24) is 24.7 Å². The molecule has 0 saturated carbocycles. The highest BCUT2D eigenvalue weighted by Crippen LogP contribution is 2.14. The third-order valence-corrected chi connectivity index (χ3v) is 2.40. The maximum Gasteiger partial charge on any atom is 0.287 e. The Morgan fingerprint density at radius 3 is 2.52 bits per heavy atom. The van der Waals surface area contributed by atoms with Crippen molar-refractivity contribution in [2.45, 2.75) is 12.8 Å². The van der Waals surface area contributed by atoms with Crippen LogP contribution in [0.2, 0.25) is 0 Å². The van der Waals surface area contributed by atoms with E-state index in [0.717, 1.165) is 0 Å². The summed E-state index contributed by atoms with van der Waals surface area (Å²) in [5.41, 5.74) is 0. The van der Waals surface area contributed by atoms with Crippen molar-refractivity contribution in [2.24, 2.45) is 0 Å². The molecule has 10 heteroatoms. The number of aliphatic hydroxyl groups excluding tert-OH is 1. The molecule has 0 saturated heterocycles. The van der Waals surface area contributed by atoms with Crippen LogP contribution in [0.5, 0.6) is 0 Å². The summed E-state index contributed by atoms with van der Waals surface area (Å²) >= 11 is 0. The number of rotatable bonds is 7. The number of hydrogen-bond acceptors (Lipinski definition) is 7. The Labute approximate surface area is 119 Å². The van der Waals surface area contributed by atoms with Gasteiger partial charge < -0.3 is 15.7 Å². The van der Waals surface area contributed by atoms with Crippen LogP contribution >= 0.6 is 0 Å². The molecular formula is C11H15F2N7O. The van der Waals surface area contributed by atoms with Gasteiger partial charge in [0.2, 0.25) is 11.9 Å². The molecular weight excluding hydrogens is 284 g/mol. The van der Waals surface area contributed by atoms with E-state index in [1.165, 1.54) is 4.68 Å². The molecule has 2 rings (SSSR count). The van der Waals surface area contributed by atoms with Gasteiger partial charge >= 0.3 is 0 Å². The number of hydrogen-bond donors (Lipinski definition) is 3. The summed E-state index contributed by atoms with van der Waals surface area (Å²) in [7, 11) is 0. The Hall–Kier alpha value is -2.36. The molecule has 2 heterocycles. The Balaban J connectivity index is 2.24. The minimum Gasteiger partial charge on any atom is -0.390 e. The fourth-order valence-electron chi connectivity index (χ4n) is 1.43. The van der Waals surface area contributed by atoms with Crippen molar-refractivity contribution in [2.75, 3.05) is 30.3 Å². The molecule has 0 unspecified atom stereocenters. The molecule has 0 atom stereocenters. The average Bonchev–Trinajstić information content (AvgIpc) is 3.00. The van der Waals surface area contributed by atoms with E-state index in [-0.39, 0.29) is 17.8 Å². The molecule has 0 fully saturated rings. The smallest absolute Gasteiger partial charge is 0.287 e. The standard InChI is InChI=1S/C11H15F2N7O/c1-2-14-8-17-9(15-6-11(12,13)7-21)19-10(18-8)20-5-3-4-16-20/h3-5,21H,2,6-7H2,1H3,(H2,14,15,17,18,19). The Morgan fingerprint density at radius 1 is 1.24 bits per heavy atom. The molecule has 3 N–H and O–H groups in total. The summed E-state index contributed by atoms with van der Waals surface area (Å²) in [5.74, 6) is -2.84. The highest BCUT2D eigenvalue weighted by molar-refractivity contribution is 5.37. The number of nitrogens with zero attached hydrogens (tertiary/aromatic N) is 5. The van der Waals surface area contributed by atoms with Gasteiger partial charge in [0.05, 0.1) is 6.54 Å². The molecule has 0 amide bonds. The van der Waals surface area contributed by atoms with E-state index >= 15 is 0 Å². The molecule has 0 aliphatic carbocycles. The van der Waals surface area contributed by atoms with Crippen LogP contribution in [0.4, 0.5) is 20.7 Å². The lowest BCUT2D eigenvalue weighted by atomic mass is 10.3. The van der Waals surface area contributed by atoms with Crippen LogP contribution in [0.25, 0.3) is 5.95 Å². The molecule has 0 spiro atoms. The Morgan fingerprint density at radius 2 is 1.95 bits per heavy atom. The fraction of sp³-hybridized carbons (Fsp3) is 0.455. The molecule has 2 aromatic heterocycles. The van der Waals surface area contributed by atoms with E-state index < -0.39 is 19.1 Å². The molecule has 21 heavy (non-hydrogen) atoms. The lowest BCUT2D eigenvalue weighted by molar-refractivity contribution is -0.0374. The second-order valence-corrected chi connectivity index (χ2v) is 4.13. The van der Waals surface area contributed by atoms with Crippen molar-refractivity contribution >= 4 is 11.9 Å². The highest BCUT2D eigenvalue weighted by Gasteiger charge is 2.27. The first-order chi connectivity index (χ1) is 10.0. The molecule has 0 aliphatic heterocycles. The van der Waals surface area contributed by atoms with Gasteiger partial charge in [-0.05, 0) is 13.0 Å². The zero-order valence-corrected chi connectivity index (χ0v) is 11.3. The highest BCUT2D eigenvalue weighted by atomic mass is 19.3. The van der Waals surface area contributed by atoms with Crippen LogP contribution in [-0.2, 0) is 0 Å². The third-order valence-electron chi connectivity index (χ3n) is 2.40. The number of halogens is 2. The molecule has 0 bridgehead atoms. The van der Waals surface area contributed by atoms with E-state index in [4.69, 9.17) is 5.11 Å². The van der Waals surface area contributed by atoms with Crippen molar-refractivity contribution in [3.8, 4) is 5.95 Å². The largest absolute Gasteiger partial charge is 0.390 e. The summed E-state index contributed by atoms with van der Waals surface area (Å²) in [4.78, 5) is 12.1. The van der Waals surface area contributed by atoms with Crippen molar-refractivity contribution < 1.29 is 13.9 Å². The van der Waals surface area contributed by atoms with Crippen molar-refractivity contribution in [3.63, 3.8) is 0 Å². The van der Waals surface area contributed by atoms with E-state index in [9.17, 15) is 8.78 Å². The van der Waals surface area contributed by atoms with Crippen LogP contribution in [0.1, 0.15) is 6.92 Å². The second-order valence-electron chi connectivity index (χ2n) is 4.13. The predicted octanol–water partition coefficient (Wildman–Crippen LogP) is 0.529. The maximum atomic E-state index is 13.0. The summed E-state index contributed by atoms with van der Waals surface area (Å²) in [5, 5.41) is 17.8. The van der Waals surface area contributed by atoms with Gasteiger partial charge in [-0.25, -0.2) is 13.5 Å². The fourth-order valence-corrected chi connectivity index (χ4v) is 1.43. The van der Waals surface area contributed by atoms with Crippen molar-refractivity contribution in [3.05, 3.63) is 18.5 Å².